The molecule has 5 rings (SSSR count). The van der Waals surface area contributed by atoms with Gasteiger partial charge < -0.3 is 24.7 Å². The largest absolute Gasteiger partial charge is 0.491 e. The van der Waals surface area contributed by atoms with Gasteiger partial charge in [-0.25, -0.2) is 9.78 Å². The van der Waals surface area contributed by atoms with Crippen LogP contribution in [0.3, 0.4) is 0 Å². The number of urea groups is 1. The van der Waals surface area contributed by atoms with E-state index in [1.807, 2.05) is 35.4 Å². The number of carbonyl (C=O) groups is 2. The number of aryl methyl sites for hydroxylation is 2. The number of anilines is 1. The van der Waals surface area contributed by atoms with Crippen LogP contribution >= 0.6 is 0 Å². The Bertz CT molecular complexity index is 1440. The highest BCUT2D eigenvalue weighted by molar-refractivity contribution is 5.79. The van der Waals surface area contributed by atoms with Gasteiger partial charge in [0.25, 0.3) is 0 Å². The minimum Gasteiger partial charge on any atom is -0.491 e. The molecule has 0 fully saturated rings. The Morgan fingerprint density at radius 3 is 2.85 bits per heavy atom. The molecule has 2 N–H and O–H groups in total. The molecule has 2 aromatic heterocycles. The van der Waals surface area contributed by atoms with Crippen LogP contribution in [-0.4, -0.2) is 40.5 Å². The summed E-state index contributed by atoms with van der Waals surface area (Å²) in [6, 6.07) is 13.6. The number of oxazole rings is 1. The molecule has 0 spiro atoms. The Morgan fingerprint density at radius 1 is 1.21 bits per heavy atom. The molecule has 3 heterocycles. The summed E-state index contributed by atoms with van der Waals surface area (Å²) in [7, 11) is 0. The highest BCUT2D eigenvalue weighted by Crippen LogP contribution is 2.41. The van der Waals surface area contributed by atoms with Gasteiger partial charge in [-0.15, -0.1) is 0 Å². The summed E-state index contributed by atoms with van der Waals surface area (Å²) in [5.41, 5.74) is 7.63. The van der Waals surface area contributed by atoms with Crippen molar-refractivity contribution in [1.82, 2.24) is 20.2 Å². The minimum absolute atomic E-state index is 0.192. The second kappa shape index (κ2) is 11.8. The molecule has 0 bridgehead atoms. The highest BCUT2D eigenvalue weighted by atomic mass is 16.5. The van der Waals surface area contributed by atoms with Gasteiger partial charge in [0, 0.05) is 25.4 Å². The van der Waals surface area contributed by atoms with Crippen molar-refractivity contribution in [1.29, 1.82) is 0 Å². The van der Waals surface area contributed by atoms with Crippen molar-refractivity contribution in [3.63, 3.8) is 0 Å². The first-order chi connectivity index (χ1) is 19.0. The van der Waals surface area contributed by atoms with Gasteiger partial charge in [0.1, 0.15) is 12.0 Å². The molecule has 4 aromatic rings. The topological polar surface area (TPSA) is 110 Å². The van der Waals surface area contributed by atoms with Crippen molar-refractivity contribution >= 4 is 18.1 Å². The van der Waals surface area contributed by atoms with E-state index in [9.17, 15) is 9.59 Å². The third-order valence-corrected chi connectivity index (χ3v) is 6.94. The van der Waals surface area contributed by atoms with Gasteiger partial charge in [-0.3, -0.25) is 9.78 Å². The average Bonchev–Trinajstić information content (AvgIpc) is 3.46. The quantitative estimate of drug-likeness (QED) is 0.306. The molecular weight excluding hydrogens is 494 g/mol. The molecule has 1 aliphatic rings. The number of nitrogens with one attached hydrogen (secondary N) is 2. The summed E-state index contributed by atoms with van der Waals surface area (Å²) in [4.78, 5) is 35.0. The zero-order valence-corrected chi connectivity index (χ0v) is 22.0. The number of hydrogen-bond acceptors (Lipinski definition) is 6. The Morgan fingerprint density at radius 2 is 2.10 bits per heavy atom. The Kier molecular flexibility index (Phi) is 7.86. The maximum absolute atomic E-state index is 13.5. The molecule has 39 heavy (non-hydrogen) atoms. The van der Waals surface area contributed by atoms with Crippen LogP contribution in [-0.2, 0) is 24.2 Å². The molecule has 0 aliphatic carbocycles. The van der Waals surface area contributed by atoms with Crippen LogP contribution in [0.5, 0.6) is 5.75 Å². The van der Waals surface area contributed by atoms with Crippen LogP contribution in [0, 0.1) is 13.8 Å². The van der Waals surface area contributed by atoms with E-state index in [2.05, 4.69) is 52.6 Å². The average molecular weight is 526 g/mol. The molecule has 9 nitrogen and oxygen atoms in total. The van der Waals surface area contributed by atoms with E-state index in [1.54, 1.807) is 6.20 Å². The lowest BCUT2D eigenvalue weighted by Gasteiger charge is -2.39. The Balaban J connectivity index is 1.49. The second-order valence-electron chi connectivity index (χ2n) is 9.61. The molecule has 1 unspecified atom stereocenters. The normalized spacial score (nSPS) is 14.4. The number of aromatic nitrogens is 2. The number of nitrogens with zero attached hydrogens (tertiary/aromatic N) is 3. The van der Waals surface area contributed by atoms with Gasteiger partial charge in [-0.2, -0.15) is 0 Å². The maximum Gasteiger partial charge on any atom is 0.318 e. The third-order valence-electron chi connectivity index (χ3n) is 6.94. The highest BCUT2D eigenvalue weighted by Gasteiger charge is 2.34. The predicted molar refractivity (Wildman–Crippen MR) is 146 cm³/mol. The van der Waals surface area contributed by atoms with Crippen LogP contribution in [0.4, 0.5) is 10.5 Å². The number of ether oxygens (including phenoxy) is 1. The third kappa shape index (κ3) is 5.93. The lowest BCUT2D eigenvalue weighted by atomic mass is 9.85. The first-order valence-corrected chi connectivity index (χ1v) is 12.9. The Hall–Kier alpha value is -4.66. The standard InChI is InChI=1S/C30H31N5O4/c1-20-5-6-25(21(2)12-20)29-26-14-28(39-11-8-22-4-3-9-31-15-22)27(33-18-36)13-23(26)7-10-35(29)30(37)32-16-24-17-38-19-34-24/h3-6,9,12-15,17-19,29H,7-8,10-11,16H2,1-2H3,(H,32,37)(H,33,36). The van der Waals surface area contributed by atoms with Crippen LogP contribution in [0.25, 0.3) is 0 Å². The summed E-state index contributed by atoms with van der Waals surface area (Å²) in [5, 5.41) is 5.78. The molecule has 9 heteroatoms. The zero-order chi connectivity index (χ0) is 27.2. The fraction of sp³-hybridized carbons (Fsp3) is 0.267. The number of amides is 3. The van der Waals surface area contributed by atoms with E-state index in [0.717, 1.165) is 33.4 Å². The van der Waals surface area contributed by atoms with Crippen LogP contribution < -0.4 is 15.4 Å². The molecule has 200 valence electrons. The summed E-state index contributed by atoms with van der Waals surface area (Å²) < 4.78 is 11.2. The van der Waals surface area contributed by atoms with E-state index in [-0.39, 0.29) is 18.6 Å². The van der Waals surface area contributed by atoms with Crippen LogP contribution in [0.2, 0.25) is 0 Å². The van der Waals surface area contributed by atoms with Crippen LogP contribution in [0.15, 0.2) is 71.9 Å². The van der Waals surface area contributed by atoms with Gasteiger partial charge >= 0.3 is 6.03 Å². The summed E-state index contributed by atoms with van der Waals surface area (Å²) >= 11 is 0. The number of hydrogen-bond donors (Lipinski definition) is 2. The first kappa shape index (κ1) is 26.0. The first-order valence-electron chi connectivity index (χ1n) is 12.9. The SMILES string of the molecule is Cc1ccc(C2c3cc(OCCc4cccnc4)c(NC=O)cc3CCN2C(=O)NCc2cocn2)c(C)c1. The lowest BCUT2D eigenvalue weighted by Crippen LogP contribution is -2.46. The van der Waals surface area contributed by atoms with E-state index in [4.69, 9.17) is 9.15 Å². The van der Waals surface area contributed by atoms with E-state index in [1.165, 1.54) is 12.7 Å². The van der Waals surface area contributed by atoms with Crippen molar-refractivity contribution in [3.8, 4) is 5.75 Å². The number of carbonyl (C=O) groups excluding carboxylic acids is 2. The summed E-state index contributed by atoms with van der Waals surface area (Å²) in [6.07, 6.45) is 8.37. The van der Waals surface area contributed by atoms with Crippen molar-refractivity contribution in [3.05, 3.63) is 107 Å². The van der Waals surface area contributed by atoms with Crippen molar-refractivity contribution < 1.29 is 18.7 Å². The number of pyridine rings is 1. The van der Waals surface area contributed by atoms with Gasteiger partial charge in [0.05, 0.1) is 30.6 Å². The number of rotatable bonds is 9. The monoisotopic (exact) mass is 525 g/mol. The molecular formula is C30H31N5O4. The van der Waals surface area contributed by atoms with Crippen molar-refractivity contribution in [2.75, 3.05) is 18.5 Å². The molecule has 3 amide bonds. The fourth-order valence-corrected chi connectivity index (χ4v) is 5.05. The van der Waals surface area contributed by atoms with E-state index >= 15 is 0 Å². The van der Waals surface area contributed by atoms with Gasteiger partial charge in [-0.05, 0) is 66.3 Å². The molecule has 1 atom stereocenters. The second-order valence-corrected chi connectivity index (χ2v) is 9.61. The molecule has 0 saturated carbocycles. The Labute approximate surface area is 227 Å². The number of fused-ring (bicyclic) bond motifs is 1. The smallest absolute Gasteiger partial charge is 0.318 e. The van der Waals surface area contributed by atoms with Crippen molar-refractivity contribution in [2.24, 2.45) is 0 Å². The molecule has 0 saturated heterocycles. The molecule has 1 aliphatic heterocycles. The maximum atomic E-state index is 13.5. The van der Waals surface area contributed by atoms with E-state index in [0.29, 0.717) is 49.5 Å². The van der Waals surface area contributed by atoms with E-state index < -0.39 is 0 Å². The van der Waals surface area contributed by atoms with Crippen LogP contribution in [0.1, 0.15) is 45.1 Å². The van der Waals surface area contributed by atoms with Crippen molar-refractivity contribution in [2.45, 2.75) is 39.3 Å². The zero-order valence-electron chi connectivity index (χ0n) is 22.0. The molecule has 0 radical (unpaired) electrons. The number of benzene rings is 2. The van der Waals surface area contributed by atoms with Gasteiger partial charge in [-0.1, -0.05) is 29.8 Å². The predicted octanol–water partition coefficient (Wildman–Crippen LogP) is 4.73. The van der Waals surface area contributed by atoms with Gasteiger partial charge in [0.15, 0.2) is 6.39 Å². The lowest BCUT2D eigenvalue weighted by molar-refractivity contribution is -0.105. The minimum atomic E-state index is -0.336. The molecule has 2 aromatic carbocycles. The fourth-order valence-electron chi connectivity index (χ4n) is 5.05. The summed E-state index contributed by atoms with van der Waals surface area (Å²) in [6.45, 7) is 5.31. The van der Waals surface area contributed by atoms with Gasteiger partial charge in [0.2, 0.25) is 6.41 Å². The summed E-state index contributed by atoms with van der Waals surface area (Å²) in [5.74, 6) is 0.560.